The van der Waals surface area contributed by atoms with Crippen LogP contribution in [0.1, 0.15) is 5.56 Å². The number of halogens is 2. The average Bonchev–Trinajstić information content (AvgIpc) is 2.42. The van der Waals surface area contributed by atoms with Gasteiger partial charge >= 0.3 is 0 Å². The van der Waals surface area contributed by atoms with Gasteiger partial charge in [0.2, 0.25) is 0 Å². The maximum absolute atomic E-state index is 13.3. The second-order valence-electron chi connectivity index (χ2n) is 4.05. The Morgan fingerprint density at radius 3 is 2.74 bits per heavy atom. The summed E-state index contributed by atoms with van der Waals surface area (Å²) >= 11 is 5.77. The third kappa shape index (κ3) is 2.61. The Morgan fingerprint density at radius 1 is 1.32 bits per heavy atom. The third-order valence-electron chi connectivity index (χ3n) is 2.79. The lowest BCUT2D eigenvalue weighted by Crippen LogP contribution is -2.12. The van der Waals surface area contributed by atoms with E-state index in [-0.39, 0.29) is 10.7 Å². The molecule has 0 aliphatic carbocycles. The van der Waals surface area contributed by atoms with Gasteiger partial charge in [0.1, 0.15) is 5.82 Å². The number of anilines is 3. The first kappa shape index (κ1) is 13.2. The normalized spacial score (nSPS) is 10.0. The van der Waals surface area contributed by atoms with Crippen LogP contribution in [-0.4, -0.2) is 7.05 Å². The highest BCUT2D eigenvalue weighted by Crippen LogP contribution is 2.33. The standard InChI is InChI=1S/C14H11ClFN3/c1-19(10-4-2-3-9(5-10)8-17)14-6-11(15)12(16)7-13(14)18/h2-7H,18H2,1H3. The summed E-state index contributed by atoms with van der Waals surface area (Å²) in [5, 5.41) is 8.89. The molecule has 0 aliphatic heterocycles. The zero-order valence-electron chi connectivity index (χ0n) is 10.2. The molecule has 2 rings (SSSR count). The van der Waals surface area contributed by atoms with E-state index >= 15 is 0 Å². The molecule has 2 aromatic carbocycles. The predicted molar refractivity (Wildman–Crippen MR) is 75.0 cm³/mol. The maximum atomic E-state index is 13.3. The molecule has 0 saturated carbocycles. The third-order valence-corrected chi connectivity index (χ3v) is 3.08. The summed E-state index contributed by atoms with van der Waals surface area (Å²) in [6.45, 7) is 0. The molecule has 2 N–H and O–H groups in total. The number of nitrogens with zero attached hydrogens (tertiary/aromatic N) is 2. The van der Waals surface area contributed by atoms with Crippen LogP contribution in [0, 0.1) is 17.1 Å². The quantitative estimate of drug-likeness (QED) is 0.850. The van der Waals surface area contributed by atoms with E-state index in [0.29, 0.717) is 11.3 Å². The van der Waals surface area contributed by atoms with E-state index in [0.717, 1.165) is 5.69 Å². The van der Waals surface area contributed by atoms with E-state index < -0.39 is 5.82 Å². The molecule has 5 heteroatoms. The highest BCUT2D eigenvalue weighted by Gasteiger charge is 2.12. The molecular weight excluding hydrogens is 265 g/mol. The lowest BCUT2D eigenvalue weighted by molar-refractivity contribution is 0.629. The number of nitriles is 1. The van der Waals surface area contributed by atoms with Crippen LogP contribution in [0.25, 0.3) is 0 Å². The van der Waals surface area contributed by atoms with E-state index in [9.17, 15) is 4.39 Å². The predicted octanol–water partition coefficient (Wildman–Crippen LogP) is 3.70. The molecule has 2 aromatic rings. The largest absolute Gasteiger partial charge is 0.397 e. The van der Waals surface area contributed by atoms with Crippen LogP contribution >= 0.6 is 11.6 Å². The van der Waals surface area contributed by atoms with Crippen molar-refractivity contribution in [2.75, 3.05) is 17.7 Å². The molecule has 96 valence electrons. The van der Waals surface area contributed by atoms with Crippen molar-refractivity contribution in [3.63, 3.8) is 0 Å². The zero-order chi connectivity index (χ0) is 14.0. The highest BCUT2D eigenvalue weighted by atomic mass is 35.5. The summed E-state index contributed by atoms with van der Waals surface area (Å²) in [4.78, 5) is 1.75. The van der Waals surface area contributed by atoms with E-state index in [1.807, 2.05) is 6.07 Å². The Morgan fingerprint density at radius 2 is 2.05 bits per heavy atom. The number of hydrogen-bond acceptors (Lipinski definition) is 3. The van der Waals surface area contributed by atoms with Gasteiger partial charge in [-0.15, -0.1) is 0 Å². The van der Waals surface area contributed by atoms with Gasteiger partial charge in [-0.25, -0.2) is 4.39 Å². The molecule has 0 bridgehead atoms. The summed E-state index contributed by atoms with van der Waals surface area (Å²) in [5.41, 5.74) is 7.97. The van der Waals surface area contributed by atoms with Crippen molar-refractivity contribution in [3.05, 3.63) is 52.8 Å². The molecule has 0 atom stereocenters. The number of nitrogen functional groups attached to an aromatic ring is 1. The fourth-order valence-electron chi connectivity index (χ4n) is 1.77. The maximum Gasteiger partial charge on any atom is 0.143 e. The molecule has 0 aromatic heterocycles. The minimum absolute atomic E-state index is 0.00693. The summed E-state index contributed by atoms with van der Waals surface area (Å²) in [6.07, 6.45) is 0. The average molecular weight is 276 g/mol. The van der Waals surface area contributed by atoms with Crippen molar-refractivity contribution in [2.24, 2.45) is 0 Å². The van der Waals surface area contributed by atoms with Crippen LogP contribution < -0.4 is 10.6 Å². The SMILES string of the molecule is CN(c1cccc(C#N)c1)c1cc(Cl)c(F)cc1N. The van der Waals surface area contributed by atoms with E-state index in [1.54, 1.807) is 30.1 Å². The van der Waals surface area contributed by atoms with Crippen molar-refractivity contribution in [3.8, 4) is 6.07 Å². The number of benzene rings is 2. The smallest absolute Gasteiger partial charge is 0.143 e. The summed E-state index contributed by atoms with van der Waals surface area (Å²) < 4.78 is 13.3. The molecule has 19 heavy (non-hydrogen) atoms. The zero-order valence-corrected chi connectivity index (χ0v) is 10.9. The Hall–Kier alpha value is -2.25. The van der Waals surface area contributed by atoms with Crippen LogP contribution in [0.3, 0.4) is 0 Å². The molecule has 0 spiro atoms. The fourth-order valence-corrected chi connectivity index (χ4v) is 1.92. The van der Waals surface area contributed by atoms with Gasteiger partial charge in [0, 0.05) is 18.8 Å². The molecular formula is C14H11ClFN3. The Labute approximate surface area is 115 Å². The van der Waals surface area contributed by atoms with Gasteiger partial charge in [-0.05, 0) is 24.3 Å². The van der Waals surface area contributed by atoms with Gasteiger partial charge in [0.15, 0.2) is 0 Å². The lowest BCUT2D eigenvalue weighted by atomic mass is 10.2. The molecule has 0 fully saturated rings. The topological polar surface area (TPSA) is 53.0 Å². The highest BCUT2D eigenvalue weighted by molar-refractivity contribution is 6.31. The molecule has 0 amide bonds. The molecule has 0 heterocycles. The minimum atomic E-state index is -0.554. The van der Waals surface area contributed by atoms with Crippen LogP contribution in [-0.2, 0) is 0 Å². The summed E-state index contributed by atoms with van der Waals surface area (Å²) in [5.74, 6) is -0.554. The number of rotatable bonds is 2. The van der Waals surface area contributed by atoms with E-state index in [1.165, 1.54) is 12.1 Å². The Bertz CT molecular complexity index is 664. The van der Waals surface area contributed by atoms with Crippen molar-refractivity contribution < 1.29 is 4.39 Å². The van der Waals surface area contributed by atoms with Gasteiger partial charge in [0.05, 0.1) is 28.0 Å². The lowest BCUT2D eigenvalue weighted by Gasteiger charge is -2.21. The Balaban J connectivity index is 2.47. The van der Waals surface area contributed by atoms with Gasteiger partial charge in [-0.1, -0.05) is 17.7 Å². The molecule has 0 saturated heterocycles. The first-order valence-corrected chi connectivity index (χ1v) is 5.89. The number of hydrogen-bond donors (Lipinski definition) is 1. The fraction of sp³-hybridized carbons (Fsp3) is 0.0714. The van der Waals surface area contributed by atoms with Gasteiger partial charge in [0.25, 0.3) is 0 Å². The van der Waals surface area contributed by atoms with E-state index in [4.69, 9.17) is 22.6 Å². The minimum Gasteiger partial charge on any atom is -0.397 e. The number of nitrogens with two attached hydrogens (primary N) is 1. The van der Waals surface area contributed by atoms with Crippen molar-refractivity contribution in [2.45, 2.75) is 0 Å². The molecule has 0 aliphatic rings. The van der Waals surface area contributed by atoms with E-state index in [2.05, 4.69) is 6.07 Å². The van der Waals surface area contributed by atoms with Crippen LogP contribution in [0.2, 0.25) is 5.02 Å². The second-order valence-corrected chi connectivity index (χ2v) is 4.45. The van der Waals surface area contributed by atoms with Crippen LogP contribution in [0.5, 0.6) is 0 Å². The molecule has 3 nitrogen and oxygen atoms in total. The van der Waals surface area contributed by atoms with Crippen molar-refractivity contribution >= 4 is 28.7 Å². The Kier molecular flexibility index (Phi) is 3.59. The van der Waals surface area contributed by atoms with Gasteiger partial charge < -0.3 is 10.6 Å². The molecule has 0 radical (unpaired) electrons. The first-order valence-electron chi connectivity index (χ1n) is 5.51. The summed E-state index contributed by atoms with van der Waals surface area (Å²) in [6, 6.07) is 11.7. The van der Waals surface area contributed by atoms with Crippen LogP contribution in [0.15, 0.2) is 36.4 Å². The van der Waals surface area contributed by atoms with Gasteiger partial charge in [-0.2, -0.15) is 5.26 Å². The van der Waals surface area contributed by atoms with Gasteiger partial charge in [-0.3, -0.25) is 0 Å². The van der Waals surface area contributed by atoms with Crippen molar-refractivity contribution in [1.82, 2.24) is 0 Å². The monoisotopic (exact) mass is 275 g/mol. The second kappa shape index (κ2) is 5.17. The molecule has 0 unspecified atom stereocenters. The van der Waals surface area contributed by atoms with Crippen LogP contribution in [0.4, 0.5) is 21.5 Å². The van der Waals surface area contributed by atoms with Crippen molar-refractivity contribution in [1.29, 1.82) is 5.26 Å². The summed E-state index contributed by atoms with van der Waals surface area (Å²) in [7, 11) is 1.77. The first-order chi connectivity index (χ1) is 9.02.